The van der Waals surface area contributed by atoms with Crippen LogP contribution in [0.25, 0.3) is 11.1 Å². The zero-order valence-electron chi connectivity index (χ0n) is 19.6. The number of hydrogen-bond donors (Lipinski definition) is 3. The number of aromatic nitrogens is 1. The summed E-state index contributed by atoms with van der Waals surface area (Å²) < 4.78 is 10.4. The number of amides is 2. The maximum absolute atomic E-state index is 13.0. The van der Waals surface area contributed by atoms with Crippen molar-refractivity contribution in [3.05, 3.63) is 60.5 Å². The molecule has 0 spiro atoms. The van der Waals surface area contributed by atoms with Crippen molar-refractivity contribution in [2.45, 2.75) is 39.7 Å². The Balaban J connectivity index is 1.72. The third-order valence-corrected chi connectivity index (χ3v) is 5.12. The fourth-order valence-electron chi connectivity index (χ4n) is 3.19. The first-order valence-electron chi connectivity index (χ1n) is 10.6. The predicted molar refractivity (Wildman–Crippen MR) is 130 cm³/mol. The van der Waals surface area contributed by atoms with Crippen molar-refractivity contribution in [1.82, 2.24) is 4.98 Å². The average Bonchev–Trinajstić information content (AvgIpc) is 2.75. The normalized spacial score (nSPS) is 17.7. The van der Waals surface area contributed by atoms with Gasteiger partial charge in [-0.15, -0.1) is 0 Å². The molecule has 0 aliphatic heterocycles. The Bertz CT molecular complexity index is 1100. The molecule has 2 amide bonds. The molecule has 1 aliphatic rings. The molecule has 33 heavy (non-hydrogen) atoms. The molecule has 3 rings (SSSR count). The Morgan fingerprint density at radius 1 is 1.12 bits per heavy atom. The molecule has 8 heteroatoms. The molecule has 174 valence electrons. The highest BCUT2D eigenvalue weighted by Crippen LogP contribution is 2.33. The van der Waals surface area contributed by atoms with Gasteiger partial charge >= 0.3 is 6.09 Å². The molecule has 0 saturated heterocycles. The van der Waals surface area contributed by atoms with Crippen LogP contribution in [0.15, 0.2) is 60.5 Å². The van der Waals surface area contributed by atoms with E-state index in [9.17, 15) is 9.59 Å². The van der Waals surface area contributed by atoms with Crippen LogP contribution in [-0.2, 0) is 14.3 Å². The molecule has 1 aromatic carbocycles. The lowest BCUT2D eigenvalue weighted by atomic mass is 9.82. The Hall–Kier alpha value is -3.81. The maximum Gasteiger partial charge on any atom is 0.413 e. The van der Waals surface area contributed by atoms with Crippen molar-refractivity contribution in [2.24, 2.45) is 5.41 Å². The minimum absolute atomic E-state index is 0.163. The van der Waals surface area contributed by atoms with Gasteiger partial charge in [-0.1, -0.05) is 12.1 Å². The summed E-state index contributed by atoms with van der Waals surface area (Å²) in [7, 11) is 1.60. The molecule has 0 radical (unpaired) electrons. The van der Waals surface area contributed by atoms with Crippen molar-refractivity contribution in [3.8, 4) is 11.1 Å². The smallest absolute Gasteiger partial charge is 0.413 e. The third-order valence-electron chi connectivity index (χ3n) is 5.12. The highest BCUT2D eigenvalue weighted by Gasteiger charge is 2.32. The number of allylic oxidation sites excluding steroid dienone is 2. The zero-order valence-corrected chi connectivity index (χ0v) is 19.6. The first-order valence-corrected chi connectivity index (χ1v) is 10.6. The van der Waals surface area contributed by atoms with Gasteiger partial charge in [0.15, 0.2) is 0 Å². The molecule has 1 heterocycles. The first kappa shape index (κ1) is 23.8. The molecular formula is C25H30N4O4. The van der Waals surface area contributed by atoms with Crippen LogP contribution in [0.2, 0.25) is 0 Å². The van der Waals surface area contributed by atoms with E-state index in [1.807, 2.05) is 31.2 Å². The molecule has 4 N–H and O–H groups in total. The van der Waals surface area contributed by atoms with Gasteiger partial charge in [-0.05, 0) is 76.1 Å². The molecular weight excluding hydrogens is 420 g/mol. The summed E-state index contributed by atoms with van der Waals surface area (Å²) in [4.78, 5) is 29.2. The Morgan fingerprint density at radius 2 is 1.85 bits per heavy atom. The van der Waals surface area contributed by atoms with Gasteiger partial charge in [0.05, 0.1) is 23.9 Å². The first-order chi connectivity index (χ1) is 15.5. The van der Waals surface area contributed by atoms with Crippen LogP contribution in [0.5, 0.6) is 0 Å². The summed E-state index contributed by atoms with van der Waals surface area (Å²) in [5, 5.41) is 5.55. The minimum atomic E-state index is -0.707. The second kappa shape index (κ2) is 9.36. The monoisotopic (exact) mass is 450 g/mol. The standard InChI is InChI=1S/C25H30N4O4/c1-24(2,3)33-23(31)29-21-9-7-17(15-27-21)16-6-8-19(26)20(14-16)28-22(30)25(4)12-10-18(32-5)11-13-25/h6-12,14-15H,13,26H2,1-5H3,(H,28,30)(H,27,29,31). The lowest BCUT2D eigenvalue weighted by Crippen LogP contribution is -2.32. The number of carbonyl (C=O) groups is 2. The maximum atomic E-state index is 13.0. The van der Waals surface area contributed by atoms with Crippen molar-refractivity contribution >= 4 is 29.2 Å². The Kier molecular flexibility index (Phi) is 6.76. The predicted octanol–water partition coefficient (Wildman–Crippen LogP) is 5.11. The van der Waals surface area contributed by atoms with Gasteiger partial charge in [0, 0.05) is 11.8 Å². The number of carbonyl (C=O) groups excluding carboxylic acids is 2. The molecule has 1 unspecified atom stereocenters. The lowest BCUT2D eigenvalue weighted by Gasteiger charge is -2.26. The van der Waals surface area contributed by atoms with E-state index < -0.39 is 17.1 Å². The van der Waals surface area contributed by atoms with Gasteiger partial charge in [0.1, 0.15) is 17.2 Å². The highest BCUT2D eigenvalue weighted by atomic mass is 16.6. The van der Waals surface area contributed by atoms with Crippen molar-refractivity contribution in [3.63, 3.8) is 0 Å². The third kappa shape index (κ3) is 6.12. The van der Waals surface area contributed by atoms with E-state index in [-0.39, 0.29) is 5.91 Å². The molecule has 1 aromatic heterocycles. The number of nitrogens with one attached hydrogen (secondary N) is 2. The number of benzene rings is 1. The number of nitrogen functional groups attached to an aromatic ring is 1. The summed E-state index contributed by atoms with van der Waals surface area (Å²) >= 11 is 0. The van der Waals surface area contributed by atoms with Crippen LogP contribution in [0.1, 0.15) is 34.1 Å². The van der Waals surface area contributed by atoms with E-state index >= 15 is 0 Å². The van der Waals surface area contributed by atoms with Crippen LogP contribution in [0, 0.1) is 5.41 Å². The largest absolute Gasteiger partial charge is 0.497 e. The SMILES string of the molecule is COC1=CCC(C)(C(=O)Nc2cc(-c3ccc(NC(=O)OC(C)(C)C)nc3)ccc2N)C=C1. The molecule has 0 bridgehead atoms. The van der Waals surface area contributed by atoms with Gasteiger partial charge in [-0.25, -0.2) is 9.78 Å². The molecule has 1 atom stereocenters. The van der Waals surface area contributed by atoms with E-state index in [1.165, 1.54) is 0 Å². The lowest BCUT2D eigenvalue weighted by molar-refractivity contribution is -0.122. The fraction of sp³-hybridized carbons (Fsp3) is 0.320. The Morgan fingerprint density at radius 3 is 2.42 bits per heavy atom. The molecule has 2 aromatic rings. The van der Waals surface area contributed by atoms with Crippen LogP contribution >= 0.6 is 0 Å². The number of pyridine rings is 1. The summed E-state index contributed by atoms with van der Waals surface area (Å²) in [6.07, 6.45) is 7.10. The van der Waals surface area contributed by atoms with E-state index in [0.717, 1.165) is 16.9 Å². The number of nitrogens with zero attached hydrogens (tertiary/aromatic N) is 1. The molecule has 8 nitrogen and oxygen atoms in total. The fourth-order valence-corrected chi connectivity index (χ4v) is 3.19. The highest BCUT2D eigenvalue weighted by molar-refractivity contribution is 5.99. The van der Waals surface area contributed by atoms with Crippen LogP contribution < -0.4 is 16.4 Å². The number of anilines is 3. The van der Waals surface area contributed by atoms with E-state index in [0.29, 0.717) is 23.6 Å². The van der Waals surface area contributed by atoms with Crippen molar-refractivity contribution < 1.29 is 19.1 Å². The van der Waals surface area contributed by atoms with E-state index in [1.54, 1.807) is 58.4 Å². The summed E-state index contributed by atoms with van der Waals surface area (Å²) in [5.74, 6) is 0.945. The van der Waals surface area contributed by atoms with Crippen LogP contribution in [0.3, 0.4) is 0 Å². The number of methoxy groups -OCH3 is 1. The van der Waals surface area contributed by atoms with Gasteiger partial charge in [-0.3, -0.25) is 10.1 Å². The number of rotatable bonds is 5. The summed E-state index contributed by atoms with van der Waals surface area (Å²) in [6.45, 7) is 7.24. The minimum Gasteiger partial charge on any atom is -0.497 e. The zero-order chi connectivity index (χ0) is 24.2. The number of ether oxygens (including phenoxy) is 2. The van der Waals surface area contributed by atoms with Gasteiger partial charge < -0.3 is 20.5 Å². The molecule has 0 fully saturated rings. The van der Waals surface area contributed by atoms with Crippen LogP contribution in [0.4, 0.5) is 22.0 Å². The second-order valence-corrected chi connectivity index (χ2v) is 9.08. The quantitative estimate of drug-likeness (QED) is 0.545. The van der Waals surface area contributed by atoms with Gasteiger partial charge in [0.25, 0.3) is 0 Å². The van der Waals surface area contributed by atoms with Gasteiger partial charge in [-0.2, -0.15) is 0 Å². The van der Waals surface area contributed by atoms with Crippen molar-refractivity contribution in [2.75, 3.05) is 23.5 Å². The van der Waals surface area contributed by atoms with E-state index in [2.05, 4.69) is 15.6 Å². The summed E-state index contributed by atoms with van der Waals surface area (Å²) in [5.41, 5.74) is 7.42. The van der Waals surface area contributed by atoms with E-state index in [4.69, 9.17) is 15.2 Å². The Labute approximate surface area is 193 Å². The second-order valence-electron chi connectivity index (χ2n) is 9.08. The topological polar surface area (TPSA) is 116 Å². The number of nitrogens with two attached hydrogens (primary N) is 1. The number of hydrogen-bond acceptors (Lipinski definition) is 6. The van der Waals surface area contributed by atoms with Crippen molar-refractivity contribution in [1.29, 1.82) is 0 Å². The summed E-state index contributed by atoms with van der Waals surface area (Å²) in [6, 6.07) is 8.89. The molecule has 1 aliphatic carbocycles. The van der Waals surface area contributed by atoms with Crippen LogP contribution in [-0.4, -0.2) is 29.7 Å². The van der Waals surface area contributed by atoms with Gasteiger partial charge in [0.2, 0.25) is 5.91 Å². The molecule has 0 saturated carbocycles. The average molecular weight is 451 g/mol.